The van der Waals surface area contributed by atoms with Crippen LogP contribution >= 0.6 is 0 Å². The summed E-state index contributed by atoms with van der Waals surface area (Å²) >= 11 is 0. The van der Waals surface area contributed by atoms with Gasteiger partial charge in [-0.3, -0.25) is 9.89 Å². The highest BCUT2D eigenvalue weighted by Gasteiger charge is 2.35. The standard InChI is InChI=1S/C24H33N7O/c1-15-21-19(13-24(2,3)14-20(21)32)31(29-15)16-11-17(22-18(12-16)27-28-23(22)25)26-7-10-30-8-5-4-6-9-30/h11-12,26H,4-10,13-14H2,1-3H3,(H3,25,27,28). The number of nitrogens with two attached hydrogens (primary N) is 1. The molecular formula is C24H33N7O. The lowest BCUT2D eigenvalue weighted by molar-refractivity contribution is 0.0910. The van der Waals surface area contributed by atoms with Crippen LogP contribution in [0.1, 0.15) is 61.3 Å². The van der Waals surface area contributed by atoms with Crippen molar-refractivity contribution in [2.75, 3.05) is 37.2 Å². The number of nitrogen functional groups attached to an aromatic ring is 1. The third-order valence-corrected chi connectivity index (χ3v) is 6.83. The first-order chi connectivity index (χ1) is 15.3. The molecule has 0 saturated carbocycles. The number of Topliss-reactive ketones (excluding diaryl/α,β-unsaturated/α-hetero) is 1. The molecule has 2 aromatic heterocycles. The van der Waals surface area contributed by atoms with Crippen molar-refractivity contribution in [3.05, 3.63) is 29.1 Å². The molecule has 170 valence electrons. The van der Waals surface area contributed by atoms with Crippen molar-refractivity contribution in [2.45, 2.75) is 52.9 Å². The predicted octanol–water partition coefficient (Wildman–Crippen LogP) is 3.69. The molecule has 0 atom stereocenters. The second-order valence-corrected chi connectivity index (χ2v) is 10.1. The topological polar surface area (TPSA) is 105 Å². The van der Waals surface area contributed by atoms with E-state index in [-0.39, 0.29) is 11.2 Å². The molecule has 1 aliphatic carbocycles. The molecule has 1 aliphatic heterocycles. The number of benzene rings is 1. The third kappa shape index (κ3) is 3.77. The zero-order chi connectivity index (χ0) is 22.5. The second kappa shape index (κ2) is 7.92. The maximum absolute atomic E-state index is 12.8. The second-order valence-electron chi connectivity index (χ2n) is 10.1. The van der Waals surface area contributed by atoms with Gasteiger partial charge in [0.1, 0.15) is 0 Å². The van der Waals surface area contributed by atoms with Gasteiger partial charge in [-0.2, -0.15) is 10.2 Å². The van der Waals surface area contributed by atoms with Crippen LogP contribution in [0.25, 0.3) is 16.6 Å². The molecular weight excluding hydrogens is 402 g/mol. The molecule has 5 rings (SSSR count). The summed E-state index contributed by atoms with van der Waals surface area (Å²) in [4.78, 5) is 15.3. The van der Waals surface area contributed by atoms with Crippen molar-refractivity contribution in [1.82, 2.24) is 24.9 Å². The number of likely N-dealkylation sites (tertiary alicyclic amines) is 1. The average Bonchev–Trinajstić information content (AvgIpc) is 3.28. The van der Waals surface area contributed by atoms with Gasteiger partial charge in [0.25, 0.3) is 0 Å². The summed E-state index contributed by atoms with van der Waals surface area (Å²) < 4.78 is 1.94. The lowest BCUT2D eigenvalue weighted by Gasteiger charge is -2.29. The fraction of sp³-hybridized carbons (Fsp3) is 0.542. The van der Waals surface area contributed by atoms with Gasteiger partial charge in [-0.1, -0.05) is 20.3 Å². The van der Waals surface area contributed by atoms with Gasteiger partial charge < -0.3 is 16.0 Å². The maximum atomic E-state index is 12.8. The Morgan fingerprint density at radius 1 is 1.19 bits per heavy atom. The van der Waals surface area contributed by atoms with Gasteiger partial charge in [-0.15, -0.1) is 0 Å². The predicted molar refractivity (Wildman–Crippen MR) is 128 cm³/mol. The number of hydrogen-bond donors (Lipinski definition) is 3. The average molecular weight is 436 g/mol. The highest BCUT2D eigenvalue weighted by Crippen LogP contribution is 2.38. The van der Waals surface area contributed by atoms with Gasteiger partial charge in [0.2, 0.25) is 0 Å². The van der Waals surface area contributed by atoms with E-state index in [4.69, 9.17) is 10.8 Å². The monoisotopic (exact) mass is 435 g/mol. The van der Waals surface area contributed by atoms with Crippen LogP contribution in [0.5, 0.6) is 0 Å². The molecule has 0 amide bonds. The Bertz CT molecular complexity index is 1170. The van der Waals surface area contributed by atoms with Crippen LogP contribution in [-0.4, -0.2) is 56.8 Å². The first-order valence-corrected chi connectivity index (χ1v) is 11.7. The molecule has 1 aromatic carbocycles. The Morgan fingerprint density at radius 2 is 1.97 bits per heavy atom. The summed E-state index contributed by atoms with van der Waals surface area (Å²) in [5.41, 5.74) is 11.4. The first kappa shape index (κ1) is 21.0. The summed E-state index contributed by atoms with van der Waals surface area (Å²) in [6, 6.07) is 4.11. The van der Waals surface area contributed by atoms with Crippen molar-refractivity contribution in [3.8, 4) is 5.69 Å². The van der Waals surface area contributed by atoms with Crippen LogP contribution in [0.3, 0.4) is 0 Å². The molecule has 3 aromatic rings. The number of aromatic nitrogens is 4. The molecule has 3 heterocycles. The summed E-state index contributed by atoms with van der Waals surface area (Å²) in [6.07, 6.45) is 5.29. The number of anilines is 2. The number of rotatable bonds is 5. The quantitative estimate of drug-likeness (QED) is 0.564. The third-order valence-electron chi connectivity index (χ3n) is 6.83. The maximum Gasteiger partial charge on any atom is 0.167 e. The Labute approximate surface area is 188 Å². The summed E-state index contributed by atoms with van der Waals surface area (Å²) in [7, 11) is 0. The number of aromatic amines is 1. The van der Waals surface area contributed by atoms with Gasteiger partial charge >= 0.3 is 0 Å². The normalized spacial score (nSPS) is 18.8. The Hall–Kier alpha value is -2.87. The van der Waals surface area contributed by atoms with Gasteiger partial charge in [-0.05, 0) is 56.8 Å². The number of carbonyl (C=O) groups is 1. The zero-order valence-corrected chi connectivity index (χ0v) is 19.3. The van der Waals surface area contributed by atoms with Crippen LogP contribution in [0.15, 0.2) is 12.1 Å². The van der Waals surface area contributed by atoms with E-state index in [1.165, 1.54) is 32.4 Å². The number of carbonyl (C=O) groups excluding carboxylic acids is 1. The van der Waals surface area contributed by atoms with Crippen LogP contribution in [0, 0.1) is 12.3 Å². The molecule has 1 saturated heterocycles. The highest BCUT2D eigenvalue weighted by atomic mass is 16.1. The van der Waals surface area contributed by atoms with Crippen molar-refractivity contribution < 1.29 is 4.79 Å². The number of nitrogens with zero attached hydrogens (tertiary/aromatic N) is 4. The first-order valence-electron chi connectivity index (χ1n) is 11.7. The van der Waals surface area contributed by atoms with E-state index >= 15 is 0 Å². The Kier molecular flexibility index (Phi) is 5.20. The molecule has 32 heavy (non-hydrogen) atoms. The lowest BCUT2D eigenvalue weighted by atomic mass is 9.75. The van der Waals surface area contributed by atoms with Crippen LogP contribution in [0.4, 0.5) is 11.5 Å². The van der Waals surface area contributed by atoms with Crippen LogP contribution in [0.2, 0.25) is 0 Å². The minimum atomic E-state index is -0.0770. The molecule has 8 heteroatoms. The van der Waals surface area contributed by atoms with Gasteiger partial charge in [-0.25, -0.2) is 4.68 Å². The molecule has 8 nitrogen and oxygen atoms in total. The smallest absolute Gasteiger partial charge is 0.167 e. The van der Waals surface area contributed by atoms with Crippen LogP contribution < -0.4 is 11.1 Å². The van der Waals surface area contributed by atoms with E-state index in [1.807, 2.05) is 17.7 Å². The molecule has 1 fully saturated rings. The number of H-pyrrole nitrogens is 1. The van der Waals surface area contributed by atoms with E-state index in [0.29, 0.717) is 12.2 Å². The van der Waals surface area contributed by atoms with E-state index in [9.17, 15) is 4.79 Å². The van der Waals surface area contributed by atoms with Gasteiger partial charge in [0.15, 0.2) is 11.6 Å². The fourth-order valence-electron chi connectivity index (χ4n) is 5.31. The number of fused-ring (bicyclic) bond motifs is 2. The minimum absolute atomic E-state index is 0.0770. The molecule has 4 N–H and O–H groups in total. The van der Waals surface area contributed by atoms with Gasteiger partial charge in [0, 0.05) is 25.2 Å². The summed E-state index contributed by atoms with van der Waals surface area (Å²) in [5.74, 6) is 0.675. The molecule has 0 unspecified atom stereocenters. The molecule has 0 radical (unpaired) electrons. The number of piperidine rings is 1. The van der Waals surface area contributed by atoms with E-state index in [1.54, 1.807) is 0 Å². The largest absolute Gasteiger partial charge is 0.383 e. The molecule has 0 bridgehead atoms. The number of hydrogen-bond acceptors (Lipinski definition) is 6. The lowest BCUT2D eigenvalue weighted by Crippen LogP contribution is -2.33. The number of ketones is 1. The highest BCUT2D eigenvalue weighted by molar-refractivity contribution is 6.02. The summed E-state index contributed by atoms with van der Waals surface area (Å²) in [5, 5.41) is 16.6. The minimum Gasteiger partial charge on any atom is -0.383 e. The van der Waals surface area contributed by atoms with Crippen LogP contribution in [-0.2, 0) is 6.42 Å². The van der Waals surface area contributed by atoms with Gasteiger partial charge in [0.05, 0.1) is 33.5 Å². The number of nitrogens with one attached hydrogen (secondary N) is 2. The zero-order valence-electron chi connectivity index (χ0n) is 19.3. The SMILES string of the molecule is Cc1nn(-c2cc(NCCN3CCCCC3)c3c(N)n[nH]c3c2)c2c1C(=O)CC(C)(C)C2. The Balaban J connectivity index is 1.51. The van der Waals surface area contributed by atoms with Crippen molar-refractivity contribution >= 4 is 28.2 Å². The van der Waals surface area contributed by atoms with Crippen molar-refractivity contribution in [3.63, 3.8) is 0 Å². The fourth-order valence-corrected chi connectivity index (χ4v) is 5.31. The molecule has 0 spiro atoms. The van der Waals surface area contributed by atoms with E-state index in [0.717, 1.165) is 58.7 Å². The van der Waals surface area contributed by atoms with Crippen molar-refractivity contribution in [2.24, 2.45) is 5.41 Å². The number of aryl methyl sites for hydroxylation is 1. The summed E-state index contributed by atoms with van der Waals surface area (Å²) in [6.45, 7) is 10.4. The molecule has 2 aliphatic rings. The van der Waals surface area contributed by atoms with E-state index < -0.39 is 0 Å². The Morgan fingerprint density at radius 3 is 2.75 bits per heavy atom. The van der Waals surface area contributed by atoms with Crippen molar-refractivity contribution in [1.29, 1.82) is 0 Å². The van der Waals surface area contributed by atoms with E-state index in [2.05, 4.69) is 40.3 Å².